The quantitative estimate of drug-likeness (QED) is 0.406. The number of hydrogen-bond donors (Lipinski definition) is 1. The van der Waals surface area contributed by atoms with Crippen LogP contribution in [0, 0.1) is 5.82 Å². The molecule has 0 bridgehead atoms. The molecule has 40 heavy (non-hydrogen) atoms. The zero-order valence-electron chi connectivity index (χ0n) is 23.4. The third-order valence-corrected chi connectivity index (χ3v) is 6.36. The van der Waals surface area contributed by atoms with Gasteiger partial charge in [-0.05, 0) is 74.7 Å². The summed E-state index contributed by atoms with van der Waals surface area (Å²) in [4.78, 5) is 30.1. The predicted molar refractivity (Wildman–Crippen MR) is 144 cm³/mol. The first kappa shape index (κ1) is 28.9. The van der Waals surface area contributed by atoms with Crippen LogP contribution in [0.3, 0.4) is 0 Å². The number of hydrogen-bond acceptors (Lipinski definition) is 8. The van der Waals surface area contributed by atoms with E-state index in [4.69, 9.17) is 14.2 Å². The Morgan fingerprint density at radius 3 is 2.50 bits per heavy atom. The first-order valence-corrected chi connectivity index (χ1v) is 13.1. The van der Waals surface area contributed by atoms with Crippen molar-refractivity contribution < 1.29 is 28.2 Å². The van der Waals surface area contributed by atoms with Gasteiger partial charge in [-0.25, -0.2) is 4.39 Å². The van der Waals surface area contributed by atoms with Gasteiger partial charge in [0.05, 0.1) is 20.3 Å². The molecule has 1 saturated heterocycles. The molecule has 0 spiro atoms. The van der Waals surface area contributed by atoms with Crippen LogP contribution in [-0.2, 0) is 20.9 Å². The summed E-state index contributed by atoms with van der Waals surface area (Å²) in [5.41, 5.74) is 0.545. The highest BCUT2D eigenvalue weighted by atomic mass is 19.1. The molecular formula is C28H35FN6O5. The van der Waals surface area contributed by atoms with Crippen LogP contribution in [0.5, 0.6) is 11.5 Å². The average Bonchev–Trinajstić information content (AvgIpc) is 3.60. The third-order valence-electron chi connectivity index (χ3n) is 6.36. The number of tetrazole rings is 1. The molecule has 0 radical (unpaired) electrons. The molecule has 2 atom stereocenters. The molecule has 4 rings (SSSR count). The zero-order chi connectivity index (χ0) is 28.9. The van der Waals surface area contributed by atoms with Gasteiger partial charge in [0.1, 0.15) is 18.4 Å². The Labute approximate surface area is 232 Å². The summed E-state index contributed by atoms with van der Waals surface area (Å²) in [6.07, 6.45) is 1.38. The number of aromatic nitrogens is 4. The molecule has 1 fully saturated rings. The van der Waals surface area contributed by atoms with Gasteiger partial charge < -0.3 is 24.4 Å². The number of nitrogens with one attached hydrogen (secondary N) is 1. The Hall–Kier alpha value is -4.06. The molecule has 12 heteroatoms. The molecule has 0 aliphatic carbocycles. The highest BCUT2D eigenvalue weighted by Gasteiger charge is 2.36. The van der Waals surface area contributed by atoms with Crippen LogP contribution in [0.15, 0.2) is 42.5 Å². The molecule has 1 aliphatic rings. The van der Waals surface area contributed by atoms with E-state index in [1.54, 1.807) is 25.3 Å². The summed E-state index contributed by atoms with van der Waals surface area (Å²) in [6, 6.07) is 9.76. The van der Waals surface area contributed by atoms with Crippen LogP contribution in [0.4, 0.5) is 4.39 Å². The normalized spacial score (nSPS) is 15.9. The van der Waals surface area contributed by atoms with E-state index in [0.717, 1.165) is 12.8 Å². The zero-order valence-corrected chi connectivity index (χ0v) is 23.4. The van der Waals surface area contributed by atoms with Crippen molar-refractivity contribution in [1.82, 2.24) is 30.4 Å². The Morgan fingerprint density at radius 1 is 1.15 bits per heavy atom. The number of benzene rings is 2. The van der Waals surface area contributed by atoms with E-state index in [9.17, 15) is 14.0 Å². The van der Waals surface area contributed by atoms with Crippen molar-refractivity contribution in [2.24, 2.45) is 0 Å². The predicted octanol–water partition coefficient (Wildman–Crippen LogP) is 3.16. The number of carbonyl (C=O) groups is 2. The fourth-order valence-electron chi connectivity index (χ4n) is 4.53. The fraction of sp³-hybridized carbons (Fsp3) is 0.464. The van der Waals surface area contributed by atoms with Crippen LogP contribution >= 0.6 is 0 Å². The van der Waals surface area contributed by atoms with Crippen LogP contribution in [0.2, 0.25) is 0 Å². The topological polar surface area (TPSA) is 121 Å². The van der Waals surface area contributed by atoms with Crippen LogP contribution < -0.4 is 14.8 Å². The minimum Gasteiger partial charge on any atom is -0.493 e. The Balaban J connectivity index is 1.64. The SMILES string of the molecule is COc1ccc(-c2nnn(CC(=O)N(CC3CCCO3)C(C(=O)NC(C)(C)C)c3ccc(F)cc3)n2)cc1OC. The summed E-state index contributed by atoms with van der Waals surface area (Å²) in [5.74, 6) is 0.111. The maximum Gasteiger partial charge on any atom is 0.247 e. The number of amides is 2. The van der Waals surface area contributed by atoms with Gasteiger partial charge in [-0.1, -0.05) is 12.1 Å². The summed E-state index contributed by atoms with van der Waals surface area (Å²) in [6.45, 7) is 6.06. The first-order chi connectivity index (χ1) is 19.1. The van der Waals surface area contributed by atoms with Crippen LogP contribution in [0.25, 0.3) is 11.4 Å². The molecule has 2 aromatic carbocycles. The van der Waals surface area contributed by atoms with E-state index >= 15 is 0 Å². The Morgan fingerprint density at radius 2 is 1.88 bits per heavy atom. The Kier molecular flexibility index (Phi) is 8.98. The molecule has 2 amide bonds. The van der Waals surface area contributed by atoms with Gasteiger partial charge in [0, 0.05) is 24.3 Å². The molecule has 1 N–H and O–H groups in total. The number of carbonyl (C=O) groups excluding carboxylic acids is 2. The monoisotopic (exact) mass is 554 g/mol. The van der Waals surface area contributed by atoms with Crippen LogP contribution in [-0.4, -0.2) is 75.9 Å². The molecule has 11 nitrogen and oxygen atoms in total. The third kappa shape index (κ3) is 7.12. The summed E-state index contributed by atoms with van der Waals surface area (Å²) in [7, 11) is 3.07. The maximum atomic E-state index is 13.8. The van der Waals surface area contributed by atoms with E-state index in [2.05, 4.69) is 20.7 Å². The molecule has 2 heterocycles. The lowest BCUT2D eigenvalue weighted by molar-refractivity contribution is -0.144. The molecule has 2 unspecified atom stereocenters. The number of ether oxygens (including phenoxy) is 3. The number of nitrogens with zero attached hydrogens (tertiary/aromatic N) is 5. The summed E-state index contributed by atoms with van der Waals surface area (Å²) in [5, 5.41) is 15.5. The second-order valence-electron chi connectivity index (χ2n) is 10.6. The molecule has 1 aromatic heterocycles. The van der Waals surface area contributed by atoms with E-state index in [1.807, 2.05) is 20.8 Å². The summed E-state index contributed by atoms with van der Waals surface area (Å²) < 4.78 is 30.2. The molecule has 0 saturated carbocycles. The van der Waals surface area contributed by atoms with Crippen molar-refractivity contribution in [3.63, 3.8) is 0 Å². The van der Waals surface area contributed by atoms with Crippen molar-refractivity contribution in [3.8, 4) is 22.9 Å². The highest BCUT2D eigenvalue weighted by Crippen LogP contribution is 2.31. The standard InChI is InChI=1S/C28H35FN6O5/c1-28(2,3)30-27(37)25(18-8-11-20(29)12-9-18)34(16-21-7-6-14-40-21)24(36)17-35-32-26(31-33-35)19-10-13-22(38-4)23(15-19)39-5/h8-13,15,21,25H,6-7,14,16-17H2,1-5H3,(H,30,37). The number of rotatable bonds is 10. The van der Waals surface area contributed by atoms with Gasteiger partial charge in [-0.3, -0.25) is 9.59 Å². The lowest BCUT2D eigenvalue weighted by Gasteiger charge is -2.34. The smallest absolute Gasteiger partial charge is 0.247 e. The second kappa shape index (κ2) is 12.4. The van der Waals surface area contributed by atoms with Gasteiger partial charge in [0.2, 0.25) is 17.6 Å². The van der Waals surface area contributed by atoms with Crippen molar-refractivity contribution in [3.05, 3.63) is 53.8 Å². The minimum absolute atomic E-state index is 0.176. The van der Waals surface area contributed by atoms with Gasteiger partial charge in [0.25, 0.3) is 0 Å². The molecule has 1 aliphatic heterocycles. The Bertz CT molecular complexity index is 1320. The lowest BCUT2D eigenvalue weighted by atomic mass is 10.0. The van der Waals surface area contributed by atoms with Crippen molar-refractivity contribution in [2.45, 2.75) is 57.8 Å². The fourth-order valence-corrected chi connectivity index (χ4v) is 4.53. The van der Waals surface area contributed by atoms with Gasteiger partial charge in [-0.2, -0.15) is 4.80 Å². The van der Waals surface area contributed by atoms with E-state index in [1.165, 1.54) is 41.1 Å². The molecule has 3 aromatic rings. The first-order valence-electron chi connectivity index (χ1n) is 13.1. The highest BCUT2D eigenvalue weighted by molar-refractivity contribution is 5.89. The van der Waals surface area contributed by atoms with Crippen molar-refractivity contribution in [2.75, 3.05) is 27.4 Å². The van der Waals surface area contributed by atoms with Crippen LogP contribution in [0.1, 0.15) is 45.2 Å². The number of methoxy groups -OCH3 is 2. The number of halogens is 1. The van der Waals surface area contributed by atoms with Gasteiger partial charge in [-0.15, -0.1) is 10.2 Å². The van der Waals surface area contributed by atoms with E-state index in [0.29, 0.717) is 35.1 Å². The summed E-state index contributed by atoms with van der Waals surface area (Å²) >= 11 is 0. The molecule has 214 valence electrons. The average molecular weight is 555 g/mol. The minimum atomic E-state index is -1.02. The van der Waals surface area contributed by atoms with E-state index < -0.39 is 23.3 Å². The van der Waals surface area contributed by atoms with Gasteiger partial charge >= 0.3 is 0 Å². The maximum absolute atomic E-state index is 13.8. The second-order valence-corrected chi connectivity index (χ2v) is 10.6. The molecular weight excluding hydrogens is 519 g/mol. The lowest BCUT2D eigenvalue weighted by Crippen LogP contribution is -2.51. The van der Waals surface area contributed by atoms with Crippen molar-refractivity contribution in [1.29, 1.82) is 0 Å². The van der Waals surface area contributed by atoms with E-state index in [-0.39, 0.29) is 25.1 Å². The van der Waals surface area contributed by atoms with Crippen molar-refractivity contribution >= 4 is 11.8 Å². The van der Waals surface area contributed by atoms with Gasteiger partial charge in [0.15, 0.2) is 11.5 Å². The largest absolute Gasteiger partial charge is 0.493 e.